The summed E-state index contributed by atoms with van der Waals surface area (Å²) in [4.78, 5) is 12.4. The molecular formula is C19H28N6O2S2. The molecule has 1 amide bonds. The third-order valence-electron chi connectivity index (χ3n) is 5.49. The van der Waals surface area contributed by atoms with Crippen LogP contribution in [0.25, 0.3) is 0 Å². The van der Waals surface area contributed by atoms with Gasteiger partial charge in [0.25, 0.3) is 0 Å². The minimum absolute atomic E-state index is 0.0916. The molecule has 0 spiro atoms. The quantitative estimate of drug-likeness (QED) is 0.631. The third-order valence-corrected chi connectivity index (χ3v) is 7.46. The van der Waals surface area contributed by atoms with E-state index in [1.54, 1.807) is 0 Å². The molecule has 3 heterocycles. The summed E-state index contributed by atoms with van der Waals surface area (Å²) in [6, 6.07) is 0. The zero-order valence-electron chi connectivity index (χ0n) is 16.8. The molecule has 1 saturated heterocycles. The molecular weight excluding hydrogens is 408 g/mol. The first kappa shape index (κ1) is 20.7. The standard InChI is InChI=1S/C19H28N6O2S2/c1-2-15-21-24-19(25(15)11-14-9-6-10-27-14)28-12-16(26)20-18-23-22-17(29-18)13-7-4-3-5-8-13/h13-14H,2-12H2,1H3,(H,20,23,26). The number of carbonyl (C=O) groups is 1. The number of amides is 1. The van der Waals surface area contributed by atoms with Crippen LogP contribution in [0.3, 0.4) is 0 Å². The molecule has 1 aliphatic heterocycles. The normalized spacial score (nSPS) is 20.2. The van der Waals surface area contributed by atoms with Crippen LogP contribution in [0.15, 0.2) is 5.16 Å². The number of thioether (sulfide) groups is 1. The van der Waals surface area contributed by atoms with Crippen molar-refractivity contribution in [3.63, 3.8) is 0 Å². The van der Waals surface area contributed by atoms with Crippen LogP contribution in [-0.2, 0) is 22.5 Å². The highest BCUT2D eigenvalue weighted by molar-refractivity contribution is 7.99. The fourth-order valence-electron chi connectivity index (χ4n) is 3.95. The number of anilines is 1. The van der Waals surface area contributed by atoms with Crippen LogP contribution in [0.1, 0.15) is 68.6 Å². The second-order valence-electron chi connectivity index (χ2n) is 7.62. The predicted molar refractivity (Wildman–Crippen MR) is 113 cm³/mol. The van der Waals surface area contributed by atoms with E-state index in [4.69, 9.17) is 4.74 Å². The first-order valence-electron chi connectivity index (χ1n) is 10.5. The molecule has 1 unspecified atom stereocenters. The van der Waals surface area contributed by atoms with E-state index >= 15 is 0 Å². The smallest absolute Gasteiger partial charge is 0.236 e. The van der Waals surface area contributed by atoms with E-state index in [0.29, 0.717) is 11.0 Å². The maximum atomic E-state index is 12.4. The van der Waals surface area contributed by atoms with Crippen LogP contribution in [0.4, 0.5) is 5.13 Å². The second kappa shape index (κ2) is 9.99. The molecule has 2 aromatic rings. The van der Waals surface area contributed by atoms with E-state index < -0.39 is 0 Å². The lowest BCUT2D eigenvalue weighted by Gasteiger charge is -2.18. The molecule has 1 atom stereocenters. The molecule has 158 valence electrons. The largest absolute Gasteiger partial charge is 0.376 e. The average molecular weight is 437 g/mol. The van der Waals surface area contributed by atoms with Gasteiger partial charge in [-0.3, -0.25) is 10.1 Å². The van der Waals surface area contributed by atoms with Gasteiger partial charge in [0.1, 0.15) is 10.8 Å². The number of carbonyl (C=O) groups excluding carboxylic acids is 1. The lowest BCUT2D eigenvalue weighted by atomic mass is 9.90. The van der Waals surface area contributed by atoms with Crippen molar-refractivity contribution < 1.29 is 9.53 Å². The van der Waals surface area contributed by atoms with Crippen LogP contribution in [0.5, 0.6) is 0 Å². The lowest BCUT2D eigenvalue weighted by Crippen LogP contribution is -2.19. The van der Waals surface area contributed by atoms with Gasteiger partial charge in [-0.2, -0.15) is 0 Å². The van der Waals surface area contributed by atoms with Gasteiger partial charge >= 0.3 is 0 Å². The SMILES string of the molecule is CCc1nnc(SCC(=O)Nc2nnc(C3CCCCC3)s2)n1CC1CCCO1. The van der Waals surface area contributed by atoms with E-state index in [-0.39, 0.29) is 17.8 Å². The van der Waals surface area contributed by atoms with Gasteiger partial charge in [0.05, 0.1) is 18.4 Å². The fourth-order valence-corrected chi connectivity index (χ4v) is 5.64. The Morgan fingerprint density at radius 1 is 1.17 bits per heavy atom. The van der Waals surface area contributed by atoms with E-state index in [0.717, 1.165) is 48.4 Å². The molecule has 10 heteroatoms. The van der Waals surface area contributed by atoms with Crippen molar-refractivity contribution in [2.45, 2.75) is 82.0 Å². The van der Waals surface area contributed by atoms with Gasteiger partial charge in [-0.05, 0) is 25.7 Å². The predicted octanol–water partition coefficient (Wildman–Crippen LogP) is 3.65. The fraction of sp³-hybridized carbons (Fsp3) is 0.737. The van der Waals surface area contributed by atoms with Gasteiger partial charge in [-0.15, -0.1) is 20.4 Å². The Balaban J connectivity index is 1.31. The van der Waals surface area contributed by atoms with Gasteiger partial charge < -0.3 is 9.30 Å². The number of hydrogen-bond acceptors (Lipinski definition) is 8. The molecule has 1 saturated carbocycles. The van der Waals surface area contributed by atoms with E-state index in [1.807, 2.05) is 0 Å². The number of rotatable bonds is 8. The van der Waals surface area contributed by atoms with Gasteiger partial charge in [0, 0.05) is 18.9 Å². The zero-order chi connectivity index (χ0) is 20.1. The zero-order valence-corrected chi connectivity index (χ0v) is 18.4. The summed E-state index contributed by atoms with van der Waals surface area (Å²) in [5.41, 5.74) is 0. The van der Waals surface area contributed by atoms with Gasteiger partial charge in [0.15, 0.2) is 5.16 Å². The number of ether oxygens (including phenoxy) is 1. The van der Waals surface area contributed by atoms with Crippen LogP contribution in [0.2, 0.25) is 0 Å². The molecule has 2 aromatic heterocycles. The second-order valence-corrected chi connectivity index (χ2v) is 9.57. The number of hydrogen-bond donors (Lipinski definition) is 1. The molecule has 1 N–H and O–H groups in total. The third kappa shape index (κ3) is 5.35. The lowest BCUT2D eigenvalue weighted by molar-refractivity contribution is -0.113. The van der Waals surface area contributed by atoms with Crippen molar-refractivity contribution in [3.05, 3.63) is 10.8 Å². The molecule has 4 rings (SSSR count). The minimum Gasteiger partial charge on any atom is -0.376 e. The summed E-state index contributed by atoms with van der Waals surface area (Å²) in [5, 5.41) is 22.3. The summed E-state index contributed by atoms with van der Waals surface area (Å²) in [6.45, 7) is 3.64. The molecule has 2 aliphatic rings. The Labute approximate surface area is 179 Å². The molecule has 0 bridgehead atoms. The maximum Gasteiger partial charge on any atom is 0.236 e. The Morgan fingerprint density at radius 3 is 2.79 bits per heavy atom. The molecule has 0 aromatic carbocycles. The van der Waals surface area contributed by atoms with Crippen molar-refractivity contribution in [3.8, 4) is 0 Å². The first-order valence-corrected chi connectivity index (χ1v) is 12.3. The van der Waals surface area contributed by atoms with Crippen molar-refractivity contribution in [2.24, 2.45) is 0 Å². The average Bonchev–Trinajstić information content (AvgIpc) is 3.49. The van der Waals surface area contributed by atoms with E-state index in [9.17, 15) is 4.79 Å². The summed E-state index contributed by atoms with van der Waals surface area (Å²) in [7, 11) is 0. The van der Waals surface area contributed by atoms with Crippen molar-refractivity contribution in [1.29, 1.82) is 0 Å². The molecule has 1 aliphatic carbocycles. The Morgan fingerprint density at radius 2 is 2.03 bits per heavy atom. The highest BCUT2D eigenvalue weighted by Crippen LogP contribution is 2.35. The number of nitrogens with one attached hydrogen (secondary N) is 1. The minimum atomic E-state index is -0.0916. The summed E-state index contributed by atoms with van der Waals surface area (Å²) in [6.07, 6.45) is 9.37. The number of aromatic nitrogens is 5. The number of aryl methyl sites for hydroxylation is 1. The number of nitrogens with zero attached hydrogens (tertiary/aromatic N) is 5. The van der Waals surface area contributed by atoms with Gasteiger partial charge in [-0.1, -0.05) is 49.3 Å². The van der Waals surface area contributed by atoms with E-state index in [1.165, 1.54) is 55.2 Å². The highest BCUT2D eigenvalue weighted by Gasteiger charge is 2.22. The topological polar surface area (TPSA) is 94.8 Å². The van der Waals surface area contributed by atoms with Gasteiger partial charge in [-0.25, -0.2) is 0 Å². The van der Waals surface area contributed by atoms with Crippen LogP contribution < -0.4 is 5.32 Å². The molecule has 8 nitrogen and oxygen atoms in total. The Kier molecular flexibility index (Phi) is 7.15. The highest BCUT2D eigenvalue weighted by atomic mass is 32.2. The molecule has 29 heavy (non-hydrogen) atoms. The maximum absolute atomic E-state index is 12.4. The molecule has 2 fully saturated rings. The van der Waals surface area contributed by atoms with Crippen LogP contribution in [-0.4, -0.2) is 49.3 Å². The summed E-state index contributed by atoms with van der Waals surface area (Å²) >= 11 is 2.92. The summed E-state index contributed by atoms with van der Waals surface area (Å²) in [5.74, 6) is 1.62. The van der Waals surface area contributed by atoms with Gasteiger partial charge in [0.2, 0.25) is 11.0 Å². The summed E-state index contributed by atoms with van der Waals surface area (Å²) < 4.78 is 7.86. The Hall–Kier alpha value is -1.52. The van der Waals surface area contributed by atoms with Crippen LogP contribution in [0, 0.1) is 0 Å². The molecule has 0 radical (unpaired) electrons. The van der Waals surface area contributed by atoms with Crippen molar-refractivity contribution in [1.82, 2.24) is 25.0 Å². The van der Waals surface area contributed by atoms with Crippen LogP contribution >= 0.6 is 23.1 Å². The Bertz CT molecular complexity index is 811. The van der Waals surface area contributed by atoms with E-state index in [2.05, 4.69) is 37.2 Å². The van der Waals surface area contributed by atoms with Crippen molar-refractivity contribution >= 4 is 34.1 Å². The monoisotopic (exact) mass is 436 g/mol. The first-order chi connectivity index (χ1) is 14.2. The van der Waals surface area contributed by atoms with Crippen molar-refractivity contribution in [2.75, 3.05) is 17.7 Å².